The molecule has 1 aromatic carbocycles. The number of hydrogen-bond donors (Lipinski definition) is 2. The lowest BCUT2D eigenvalue weighted by Crippen LogP contribution is -2.50. The van der Waals surface area contributed by atoms with Crippen molar-refractivity contribution >= 4 is 12.4 Å². The van der Waals surface area contributed by atoms with Crippen molar-refractivity contribution < 1.29 is 4.74 Å². The van der Waals surface area contributed by atoms with Crippen LogP contribution in [0.3, 0.4) is 0 Å². The Labute approximate surface area is 165 Å². The van der Waals surface area contributed by atoms with E-state index in [1.165, 1.54) is 30.4 Å². The van der Waals surface area contributed by atoms with Gasteiger partial charge in [0.1, 0.15) is 0 Å². The van der Waals surface area contributed by atoms with Crippen molar-refractivity contribution in [2.24, 2.45) is 5.92 Å². The van der Waals surface area contributed by atoms with Crippen molar-refractivity contribution in [3.8, 4) is 0 Å². The van der Waals surface area contributed by atoms with Gasteiger partial charge in [-0.05, 0) is 50.8 Å². The second kappa shape index (κ2) is 10.6. The highest BCUT2D eigenvalue weighted by molar-refractivity contribution is 5.85. The van der Waals surface area contributed by atoms with Crippen LogP contribution in [0, 0.1) is 5.92 Å². The monoisotopic (exact) mass is 381 g/mol. The van der Waals surface area contributed by atoms with E-state index in [1.807, 2.05) is 0 Å². The summed E-state index contributed by atoms with van der Waals surface area (Å²) in [5, 5.41) is 7.50. The molecule has 3 unspecified atom stereocenters. The van der Waals surface area contributed by atoms with E-state index in [1.54, 1.807) is 0 Å². The Kier molecular flexibility index (Phi) is 8.85. The Morgan fingerprint density at radius 3 is 2.81 bits per heavy atom. The second-order valence-electron chi connectivity index (χ2n) is 8.05. The first-order valence-corrected chi connectivity index (χ1v) is 9.96. The summed E-state index contributed by atoms with van der Waals surface area (Å²) in [6, 6.07) is 10.8. The number of ether oxygens (including phenoxy) is 1. The zero-order chi connectivity index (χ0) is 17.6. The summed E-state index contributed by atoms with van der Waals surface area (Å²) in [4.78, 5) is 2.38. The number of nitrogens with one attached hydrogen (secondary N) is 2. The minimum atomic E-state index is 0. The lowest BCUT2D eigenvalue weighted by atomic mass is 9.94. The maximum atomic E-state index is 5.68. The molecule has 1 saturated heterocycles. The molecule has 148 valence electrons. The Morgan fingerprint density at radius 1 is 1.27 bits per heavy atom. The van der Waals surface area contributed by atoms with Crippen LogP contribution in [0.5, 0.6) is 0 Å². The molecule has 4 nitrogen and oxygen atoms in total. The third-order valence-corrected chi connectivity index (χ3v) is 5.91. The number of rotatable bonds is 7. The quantitative estimate of drug-likeness (QED) is 0.760. The average Bonchev–Trinajstić information content (AvgIpc) is 3.09. The van der Waals surface area contributed by atoms with Crippen LogP contribution in [0.1, 0.15) is 44.2 Å². The van der Waals surface area contributed by atoms with E-state index in [-0.39, 0.29) is 12.4 Å². The van der Waals surface area contributed by atoms with Crippen LogP contribution in [0.25, 0.3) is 0 Å². The lowest BCUT2D eigenvalue weighted by Gasteiger charge is -2.33. The summed E-state index contributed by atoms with van der Waals surface area (Å²) >= 11 is 0. The fourth-order valence-electron chi connectivity index (χ4n) is 4.14. The molecule has 3 rings (SSSR count). The van der Waals surface area contributed by atoms with Gasteiger partial charge in [0.25, 0.3) is 0 Å². The number of nitrogens with zero attached hydrogens (tertiary/aromatic N) is 1. The topological polar surface area (TPSA) is 36.5 Å². The molecule has 0 spiro atoms. The minimum absolute atomic E-state index is 0. The Bertz CT molecular complexity index is 534. The highest BCUT2D eigenvalue weighted by Gasteiger charge is 2.34. The van der Waals surface area contributed by atoms with Crippen LogP contribution >= 0.6 is 12.4 Å². The molecule has 5 heteroatoms. The highest BCUT2D eigenvalue weighted by atomic mass is 35.5. The predicted molar refractivity (Wildman–Crippen MR) is 111 cm³/mol. The first-order valence-electron chi connectivity index (χ1n) is 9.96. The number of benzene rings is 1. The fraction of sp³-hybridized carbons (Fsp3) is 0.714. The van der Waals surface area contributed by atoms with E-state index in [9.17, 15) is 0 Å². The zero-order valence-electron chi connectivity index (χ0n) is 16.5. The molecule has 0 aromatic heterocycles. The maximum absolute atomic E-state index is 5.68. The largest absolute Gasteiger partial charge is 0.379 e. The Morgan fingerprint density at radius 2 is 2.08 bits per heavy atom. The van der Waals surface area contributed by atoms with E-state index >= 15 is 0 Å². The molecule has 1 aliphatic carbocycles. The van der Waals surface area contributed by atoms with Gasteiger partial charge >= 0.3 is 0 Å². The van der Waals surface area contributed by atoms with Gasteiger partial charge in [-0.15, -0.1) is 12.4 Å². The normalized spacial score (nSPS) is 26.3. The molecule has 2 fully saturated rings. The third kappa shape index (κ3) is 5.93. The van der Waals surface area contributed by atoms with Gasteiger partial charge in [0, 0.05) is 37.8 Å². The van der Waals surface area contributed by atoms with Crippen molar-refractivity contribution in [3.63, 3.8) is 0 Å². The zero-order valence-corrected chi connectivity index (χ0v) is 17.4. The number of halogens is 1. The van der Waals surface area contributed by atoms with Crippen LogP contribution in [-0.2, 0) is 17.8 Å². The first-order chi connectivity index (χ1) is 12.1. The molecular weight excluding hydrogens is 346 g/mol. The van der Waals surface area contributed by atoms with E-state index in [2.05, 4.69) is 60.7 Å². The highest BCUT2D eigenvalue weighted by Crippen LogP contribution is 2.29. The van der Waals surface area contributed by atoms with Crippen LogP contribution in [0.4, 0.5) is 0 Å². The third-order valence-electron chi connectivity index (χ3n) is 5.91. The van der Waals surface area contributed by atoms with E-state index in [4.69, 9.17) is 4.74 Å². The van der Waals surface area contributed by atoms with Gasteiger partial charge in [0.05, 0.1) is 13.2 Å². The average molecular weight is 382 g/mol. The van der Waals surface area contributed by atoms with Gasteiger partial charge in [-0.3, -0.25) is 4.90 Å². The van der Waals surface area contributed by atoms with Crippen molar-refractivity contribution in [1.29, 1.82) is 0 Å². The molecule has 1 heterocycles. The molecule has 2 N–H and O–H groups in total. The smallest absolute Gasteiger partial charge is 0.0623 e. The van der Waals surface area contributed by atoms with Gasteiger partial charge in [-0.2, -0.15) is 0 Å². The fourth-order valence-corrected chi connectivity index (χ4v) is 4.14. The SMILES string of the molecule is CC(C)N(C)Cc1cccc(CNC2CCCC2C2COCCN2)c1.Cl. The summed E-state index contributed by atoms with van der Waals surface area (Å²) in [6.45, 7) is 9.20. The predicted octanol–water partition coefficient (Wildman–Crippen LogP) is 3.20. The standard InChI is InChI=1S/C21H35N3O.ClH/c1-16(2)24(3)14-18-7-4-6-17(12-18)13-23-20-9-5-8-19(20)21-15-25-11-10-22-21;/h4,6-7,12,16,19-23H,5,8-11,13-15H2,1-3H3;1H. The van der Waals surface area contributed by atoms with E-state index < -0.39 is 0 Å². The molecule has 2 aliphatic rings. The molecule has 1 saturated carbocycles. The number of hydrogen-bond acceptors (Lipinski definition) is 4. The molecule has 1 aromatic rings. The molecule has 0 amide bonds. The van der Waals surface area contributed by atoms with Crippen molar-refractivity contribution in [2.45, 2.75) is 64.3 Å². The Balaban J connectivity index is 0.00000243. The molecular formula is C21H36ClN3O. The van der Waals surface area contributed by atoms with Gasteiger partial charge < -0.3 is 15.4 Å². The molecule has 1 aliphatic heterocycles. The maximum Gasteiger partial charge on any atom is 0.0623 e. The molecule has 3 atom stereocenters. The van der Waals surface area contributed by atoms with Crippen molar-refractivity contribution in [3.05, 3.63) is 35.4 Å². The molecule has 0 bridgehead atoms. The van der Waals surface area contributed by atoms with Crippen LogP contribution in [0.2, 0.25) is 0 Å². The van der Waals surface area contributed by atoms with E-state index in [0.717, 1.165) is 32.8 Å². The Hall–Kier alpha value is -0.650. The van der Waals surface area contributed by atoms with Gasteiger partial charge in [-0.25, -0.2) is 0 Å². The van der Waals surface area contributed by atoms with Crippen LogP contribution in [0.15, 0.2) is 24.3 Å². The first kappa shape index (κ1) is 21.6. The molecule has 26 heavy (non-hydrogen) atoms. The summed E-state index contributed by atoms with van der Waals surface area (Å²) in [7, 11) is 2.19. The van der Waals surface area contributed by atoms with Crippen LogP contribution in [-0.4, -0.2) is 49.8 Å². The van der Waals surface area contributed by atoms with Gasteiger partial charge in [0.2, 0.25) is 0 Å². The van der Waals surface area contributed by atoms with E-state index in [0.29, 0.717) is 24.0 Å². The van der Waals surface area contributed by atoms with Crippen LogP contribution < -0.4 is 10.6 Å². The summed E-state index contributed by atoms with van der Waals surface area (Å²) in [5.74, 6) is 0.704. The number of morpholine rings is 1. The molecule has 0 radical (unpaired) electrons. The minimum Gasteiger partial charge on any atom is -0.379 e. The van der Waals surface area contributed by atoms with Gasteiger partial charge in [0.15, 0.2) is 0 Å². The summed E-state index contributed by atoms with van der Waals surface area (Å²) < 4.78 is 5.68. The lowest BCUT2D eigenvalue weighted by molar-refractivity contribution is 0.0524. The summed E-state index contributed by atoms with van der Waals surface area (Å²) in [5.41, 5.74) is 2.80. The summed E-state index contributed by atoms with van der Waals surface area (Å²) in [6.07, 6.45) is 3.94. The second-order valence-corrected chi connectivity index (χ2v) is 8.05. The van der Waals surface area contributed by atoms with Gasteiger partial charge in [-0.1, -0.05) is 30.7 Å². The van der Waals surface area contributed by atoms with Crippen molar-refractivity contribution in [2.75, 3.05) is 26.8 Å². The van der Waals surface area contributed by atoms with Crippen molar-refractivity contribution in [1.82, 2.24) is 15.5 Å².